The van der Waals surface area contributed by atoms with Gasteiger partial charge in [0.2, 0.25) is 0 Å². The summed E-state index contributed by atoms with van der Waals surface area (Å²) in [5.41, 5.74) is 8.60. The van der Waals surface area contributed by atoms with Gasteiger partial charge in [-0.15, -0.1) is 0 Å². The Morgan fingerprint density at radius 3 is 2.40 bits per heavy atom. The van der Waals surface area contributed by atoms with Gasteiger partial charge in [0.05, 0.1) is 12.5 Å². The van der Waals surface area contributed by atoms with Crippen LogP contribution in [0.5, 0.6) is 11.5 Å². The van der Waals surface area contributed by atoms with E-state index in [1.807, 2.05) is 0 Å². The van der Waals surface area contributed by atoms with Crippen LogP contribution in [0.2, 0.25) is 0 Å². The van der Waals surface area contributed by atoms with Gasteiger partial charge in [-0.3, -0.25) is 4.79 Å². The van der Waals surface area contributed by atoms with Gasteiger partial charge in [-0.05, 0) is 148 Å². The van der Waals surface area contributed by atoms with Crippen LogP contribution < -0.4 is 9.47 Å². The standard InChI is InChI=1S/C44H60O4/c1-25(2)28-12-11-26(3)30-22-33-38(31(30)21-28)48-37-27(4)29-13-14-35-42(7,32(29)23-34(37)47-33)18-20-44(9)36-24-41(6,39(45)46-10)16-15-40(36,5)17-19-43(35,44)8/h13-14,23,26,28,33,35-36,38H,1,11-12,15-22,24H2,2-10H3/t26-,28-,33+,35+,36+,38-,40+,41+,42-,43+,44-/m0/s1. The molecular formula is C44H60O4. The van der Waals surface area contributed by atoms with Crippen molar-refractivity contribution in [1.29, 1.82) is 0 Å². The lowest BCUT2D eigenvalue weighted by Crippen LogP contribution is -2.65. The molecule has 1 aromatic rings. The largest absolute Gasteiger partial charge is 0.482 e. The van der Waals surface area contributed by atoms with Gasteiger partial charge < -0.3 is 14.2 Å². The second-order valence-electron chi connectivity index (χ2n) is 19.0. The third-order valence-corrected chi connectivity index (χ3v) is 16.6. The number of hydrogen-bond donors (Lipinski definition) is 0. The Labute approximate surface area is 290 Å². The van der Waals surface area contributed by atoms with E-state index in [9.17, 15) is 4.79 Å². The molecule has 1 aromatic carbocycles. The molecule has 8 rings (SSSR count). The number of methoxy groups -OCH3 is 1. The van der Waals surface area contributed by atoms with Crippen LogP contribution in [-0.4, -0.2) is 25.3 Å². The molecule has 260 valence electrons. The summed E-state index contributed by atoms with van der Waals surface area (Å²) in [5, 5.41) is 0. The minimum Gasteiger partial charge on any atom is -0.482 e. The lowest BCUT2D eigenvalue weighted by atomic mass is 9.33. The monoisotopic (exact) mass is 652 g/mol. The van der Waals surface area contributed by atoms with Gasteiger partial charge in [-0.25, -0.2) is 0 Å². The molecular weight excluding hydrogens is 592 g/mol. The summed E-state index contributed by atoms with van der Waals surface area (Å²) in [6, 6.07) is 2.40. The SMILES string of the molecule is C=C(C)[C@H]1CC[C@H](C)C2=C(C1)[C@@H]1Oc3c(cc4c(c3C)C=C[C@@H]3[C@@]4(C)CC[C@@]4(C)[C@@H]5C[C@](C)(C(=O)OC)CC[C@]5(C)CC[C@]34C)O[C@@H]1C2. The molecule has 0 N–H and O–H groups in total. The van der Waals surface area contributed by atoms with E-state index >= 15 is 0 Å². The number of carbonyl (C=O) groups is 1. The van der Waals surface area contributed by atoms with E-state index in [4.69, 9.17) is 14.2 Å². The Balaban J connectivity index is 1.14. The fourth-order valence-corrected chi connectivity index (χ4v) is 13.0. The number of carbonyl (C=O) groups excluding carboxylic acids is 1. The number of ether oxygens (including phenoxy) is 3. The lowest BCUT2D eigenvalue weighted by molar-refractivity contribution is -0.205. The van der Waals surface area contributed by atoms with E-state index in [2.05, 4.69) is 80.2 Å². The zero-order chi connectivity index (χ0) is 34.2. The summed E-state index contributed by atoms with van der Waals surface area (Å²) in [7, 11) is 1.57. The number of allylic oxidation sites excluding steroid dienone is 2. The van der Waals surface area contributed by atoms with Crippen LogP contribution in [0.15, 0.2) is 35.4 Å². The molecule has 3 fully saturated rings. The fourth-order valence-electron chi connectivity index (χ4n) is 13.0. The second kappa shape index (κ2) is 10.5. The summed E-state index contributed by atoms with van der Waals surface area (Å²) in [4.78, 5) is 13.1. The highest BCUT2D eigenvalue weighted by Gasteiger charge is 2.68. The van der Waals surface area contributed by atoms with Crippen molar-refractivity contribution in [3.05, 3.63) is 52.1 Å². The molecule has 0 spiro atoms. The summed E-state index contributed by atoms with van der Waals surface area (Å²) in [6.07, 6.45) is 17.4. The highest BCUT2D eigenvalue weighted by molar-refractivity contribution is 5.76. The molecule has 1 aliphatic heterocycles. The molecule has 4 nitrogen and oxygen atoms in total. The van der Waals surface area contributed by atoms with Gasteiger partial charge in [-0.2, -0.15) is 0 Å². The van der Waals surface area contributed by atoms with E-state index < -0.39 is 5.41 Å². The maximum atomic E-state index is 13.1. The third-order valence-electron chi connectivity index (χ3n) is 16.6. The Hall–Kier alpha value is -2.49. The van der Waals surface area contributed by atoms with Crippen molar-refractivity contribution >= 4 is 12.0 Å². The summed E-state index contributed by atoms with van der Waals surface area (Å²) < 4.78 is 19.5. The Morgan fingerprint density at radius 2 is 1.67 bits per heavy atom. The number of esters is 1. The lowest BCUT2D eigenvalue weighted by Gasteiger charge is -2.71. The molecule has 11 atom stereocenters. The van der Waals surface area contributed by atoms with Crippen LogP contribution in [0.1, 0.15) is 136 Å². The molecule has 0 amide bonds. The first-order valence-corrected chi connectivity index (χ1v) is 19.2. The van der Waals surface area contributed by atoms with Crippen molar-refractivity contribution in [2.45, 2.75) is 144 Å². The first-order valence-electron chi connectivity index (χ1n) is 19.2. The zero-order valence-electron chi connectivity index (χ0n) is 31.3. The molecule has 1 heterocycles. The predicted octanol–water partition coefficient (Wildman–Crippen LogP) is 10.7. The maximum absolute atomic E-state index is 13.1. The van der Waals surface area contributed by atoms with Crippen LogP contribution in [0.25, 0.3) is 6.08 Å². The normalized spacial score (nSPS) is 45.4. The zero-order valence-corrected chi connectivity index (χ0v) is 31.3. The second-order valence-corrected chi connectivity index (χ2v) is 19.0. The van der Waals surface area contributed by atoms with Gasteiger partial charge in [0.25, 0.3) is 0 Å². The van der Waals surface area contributed by atoms with Crippen LogP contribution in [0, 0.1) is 52.3 Å². The minimum atomic E-state index is -0.391. The van der Waals surface area contributed by atoms with E-state index in [-0.39, 0.29) is 39.8 Å². The Kier molecular flexibility index (Phi) is 7.16. The quantitative estimate of drug-likeness (QED) is 0.236. The molecule has 0 unspecified atom stereocenters. The van der Waals surface area contributed by atoms with Crippen molar-refractivity contribution in [1.82, 2.24) is 0 Å². The maximum Gasteiger partial charge on any atom is 0.311 e. The number of rotatable bonds is 2. The third kappa shape index (κ3) is 4.22. The minimum absolute atomic E-state index is 0.0135. The van der Waals surface area contributed by atoms with E-state index in [0.29, 0.717) is 23.7 Å². The Bertz CT molecular complexity index is 1650. The van der Waals surface area contributed by atoms with E-state index in [1.165, 1.54) is 59.9 Å². The predicted molar refractivity (Wildman–Crippen MR) is 193 cm³/mol. The average molecular weight is 653 g/mol. The van der Waals surface area contributed by atoms with Crippen LogP contribution >= 0.6 is 0 Å². The summed E-state index contributed by atoms with van der Waals surface area (Å²) >= 11 is 0. The molecule has 0 saturated heterocycles. The molecule has 4 heteroatoms. The highest BCUT2D eigenvalue weighted by atomic mass is 16.6. The smallest absolute Gasteiger partial charge is 0.311 e. The fraction of sp³-hybridized carbons (Fsp3) is 0.705. The van der Waals surface area contributed by atoms with Gasteiger partial charge in [0.1, 0.15) is 6.10 Å². The molecule has 3 saturated carbocycles. The van der Waals surface area contributed by atoms with Gasteiger partial charge in [0.15, 0.2) is 17.6 Å². The number of benzene rings is 1. The molecule has 0 bridgehead atoms. The first-order chi connectivity index (χ1) is 22.6. The molecule has 6 aliphatic carbocycles. The van der Waals surface area contributed by atoms with Crippen molar-refractivity contribution in [2.24, 2.45) is 45.3 Å². The summed E-state index contributed by atoms with van der Waals surface area (Å²) in [5.74, 6) is 3.93. The van der Waals surface area contributed by atoms with Crippen molar-refractivity contribution in [2.75, 3.05) is 7.11 Å². The van der Waals surface area contributed by atoms with Crippen LogP contribution in [0.4, 0.5) is 0 Å². The average Bonchev–Trinajstić information content (AvgIpc) is 3.31. The Morgan fingerprint density at radius 1 is 0.938 bits per heavy atom. The van der Waals surface area contributed by atoms with Crippen molar-refractivity contribution in [3.63, 3.8) is 0 Å². The van der Waals surface area contributed by atoms with E-state index in [0.717, 1.165) is 50.0 Å². The van der Waals surface area contributed by atoms with Crippen molar-refractivity contribution < 1.29 is 19.0 Å². The van der Waals surface area contributed by atoms with Gasteiger partial charge in [0, 0.05) is 17.4 Å². The molecule has 0 radical (unpaired) electrons. The van der Waals surface area contributed by atoms with Gasteiger partial charge in [-0.1, -0.05) is 64.5 Å². The van der Waals surface area contributed by atoms with Crippen LogP contribution in [0.3, 0.4) is 0 Å². The summed E-state index contributed by atoms with van der Waals surface area (Å²) in [6.45, 7) is 23.7. The van der Waals surface area contributed by atoms with Gasteiger partial charge >= 0.3 is 5.97 Å². The van der Waals surface area contributed by atoms with E-state index in [1.54, 1.807) is 12.7 Å². The van der Waals surface area contributed by atoms with Crippen LogP contribution in [-0.2, 0) is 14.9 Å². The van der Waals surface area contributed by atoms with Crippen molar-refractivity contribution in [3.8, 4) is 11.5 Å². The first kappa shape index (κ1) is 32.7. The number of hydrogen-bond acceptors (Lipinski definition) is 4. The number of fused-ring (bicyclic) bond motifs is 10. The topological polar surface area (TPSA) is 44.8 Å². The molecule has 48 heavy (non-hydrogen) atoms. The highest BCUT2D eigenvalue weighted by Crippen LogP contribution is 2.75. The molecule has 0 aromatic heterocycles. The molecule has 7 aliphatic rings.